The van der Waals surface area contributed by atoms with Crippen molar-refractivity contribution in [2.45, 2.75) is 57.7 Å². The van der Waals surface area contributed by atoms with Crippen LogP contribution >= 0.6 is 0 Å². The Morgan fingerprint density at radius 2 is 1.72 bits per heavy atom. The molecular weight excluding hydrogens is 222 g/mol. The summed E-state index contributed by atoms with van der Waals surface area (Å²) in [6, 6.07) is 2.43. The molecule has 0 aromatic carbocycles. The number of piperidine rings is 2. The van der Waals surface area contributed by atoms with E-state index in [0.29, 0.717) is 0 Å². The summed E-state index contributed by atoms with van der Waals surface area (Å²) in [6.07, 6.45) is 5.67. The third-order valence-electron chi connectivity index (χ3n) is 5.36. The van der Waals surface area contributed by atoms with Crippen LogP contribution < -0.4 is 5.32 Å². The van der Waals surface area contributed by atoms with Crippen LogP contribution in [0.15, 0.2) is 0 Å². The molecule has 104 valence electrons. The van der Waals surface area contributed by atoms with Crippen LogP contribution in [0.1, 0.15) is 39.5 Å². The predicted molar refractivity (Wildman–Crippen MR) is 75.8 cm³/mol. The maximum atomic E-state index is 3.65. The van der Waals surface area contributed by atoms with Gasteiger partial charge in [-0.1, -0.05) is 0 Å². The van der Waals surface area contributed by atoms with Crippen LogP contribution in [0, 0.1) is 5.92 Å². The van der Waals surface area contributed by atoms with Crippen LogP contribution in [-0.2, 0) is 0 Å². The molecule has 0 spiro atoms. The second-order valence-corrected chi connectivity index (χ2v) is 6.81. The number of fused-ring (bicyclic) bond motifs is 4. The van der Waals surface area contributed by atoms with Crippen molar-refractivity contribution in [1.29, 1.82) is 0 Å². The lowest BCUT2D eigenvalue weighted by Gasteiger charge is -2.45. The first-order valence-corrected chi connectivity index (χ1v) is 7.94. The van der Waals surface area contributed by atoms with Gasteiger partial charge in [0.25, 0.3) is 0 Å². The van der Waals surface area contributed by atoms with Gasteiger partial charge in [0.15, 0.2) is 0 Å². The van der Waals surface area contributed by atoms with E-state index in [4.69, 9.17) is 0 Å². The molecule has 4 saturated heterocycles. The molecule has 3 heteroatoms. The van der Waals surface area contributed by atoms with E-state index in [-0.39, 0.29) is 0 Å². The van der Waals surface area contributed by atoms with Crippen molar-refractivity contribution >= 4 is 0 Å². The molecule has 4 aliphatic rings. The molecule has 4 heterocycles. The second-order valence-electron chi connectivity index (χ2n) is 6.81. The molecule has 0 radical (unpaired) electrons. The zero-order valence-electron chi connectivity index (χ0n) is 12.1. The van der Waals surface area contributed by atoms with E-state index in [0.717, 1.165) is 24.0 Å². The van der Waals surface area contributed by atoms with Crippen LogP contribution in [0.4, 0.5) is 0 Å². The van der Waals surface area contributed by atoms with Crippen molar-refractivity contribution in [3.63, 3.8) is 0 Å². The van der Waals surface area contributed by atoms with Gasteiger partial charge in [0.2, 0.25) is 0 Å². The molecule has 0 amide bonds. The van der Waals surface area contributed by atoms with Gasteiger partial charge in [0.1, 0.15) is 0 Å². The lowest BCUT2D eigenvalue weighted by Crippen LogP contribution is -2.53. The summed E-state index contributed by atoms with van der Waals surface area (Å²) in [4.78, 5) is 5.51. The SMILES string of the molecule is CC(C)N1CCC(N2CC3CCC2CNC3)CC1. The number of hydrogen-bond acceptors (Lipinski definition) is 3. The molecule has 2 bridgehead atoms. The van der Waals surface area contributed by atoms with Gasteiger partial charge in [0.05, 0.1) is 0 Å². The molecule has 4 aliphatic heterocycles. The normalized spacial score (nSPS) is 36.2. The molecule has 0 aromatic rings. The first-order chi connectivity index (χ1) is 8.74. The lowest BCUT2D eigenvalue weighted by atomic mass is 9.91. The van der Waals surface area contributed by atoms with Gasteiger partial charge < -0.3 is 10.2 Å². The largest absolute Gasteiger partial charge is 0.315 e. The summed E-state index contributed by atoms with van der Waals surface area (Å²) in [5, 5.41) is 3.65. The Bertz CT molecular complexity index is 267. The maximum Gasteiger partial charge on any atom is 0.0223 e. The smallest absolute Gasteiger partial charge is 0.0223 e. The summed E-state index contributed by atoms with van der Waals surface area (Å²) in [6.45, 7) is 11.1. The fourth-order valence-electron chi connectivity index (χ4n) is 4.15. The quantitative estimate of drug-likeness (QED) is 0.803. The van der Waals surface area contributed by atoms with Gasteiger partial charge in [-0.2, -0.15) is 0 Å². The van der Waals surface area contributed by atoms with Crippen molar-refractivity contribution in [3.05, 3.63) is 0 Å². The maximum absolute atomic E-state index is 3.65. The summed E-state index contributed by atoms with van der Waals surface area (Å²) in [7, 11) is 0. The molecule has 0 saturated carbocycles. The molecule has 18 heavy (non-hydrogen) atoms. The number of likely N-dealkylation sites (tertiary alicyclic amines) is 1. The van der Waals surface area contributed by atoms with Crippen molar-refractivity contribution in [3.8, 4) is 0 Å². The van der Waals surface area contributed by atoms with Crippen molar-refractivity contribution in [2.24, 2.45) is 5.92 Å². The highest BCUT2D eigenvalue weighted by Gasteiger charge is 2.36. The van der Waals surface area contributed by atoms with Gasteiger partial charge in [0, 0.05) is 31.2 Å². The van der Waals surface area contributed by atoms with E-state index in [1.165, 1.54) is 58.4 Å². The molecule has 0 aliphatic carbocycles. The van der Waals surface area contributed by atoms with Gasteiger partial charge in [-0.05, 0) is 65.1 Å². The van der Waals surface area contributed by atoms with E-state index >= 15 is 0 Å². The topological polar surface area (TPSA) is 18.5 Å². The van der Waals surface area contributed by atoms with E-state index in [9.17, 15) is 0 Å². The molecular formula is C15H29N3. The van der Waals surface area contributed by atoms with Crippen molar-refractivity contribution < 1.29 is 0 Å². The molecule has 2 atom stereocenters. The average molecular weight is 251 g/mol. The van der Waals surface area contributed by atoms with Crippen molar-refractivity contribution in [2.75, 3.05) is 32.7 Å². The van der Waals surface area contributed by atoms with Gasteiger partial charge in [-0.25, -0.2) is 0 Å². The van der Waals surface area contributed by atoms with Crippen LogP contribution in [0.25, 0.3) is 0 Å². The standard InChI is InChI=1S/C15H29N3/c1-12(2)17-7-5-14(6-8-17)18-11-13-3-4-15(18)10-16-9-13/h12-16H,3-11H2,1-2H3. The van der Waals surface area contributed by atoms with Crippen molar-refractivity contribution in [1.82, 2.24) is 15.1 Å². The summed E-state index contributed by atoms with van der Waals surface area (Å²) in [5.41, 5.74) is 0. The zero-order valence-corrected chi connectivity index (χ0v) is 12.1. The van der Waals surface area contributed by atoms with E-state index in [2.05, 4.69) is 29.0 Å². The predicted octanol–water partition coefficient (Wildman–Crippen LogP) is 1.54. The monoisotopic (exact) mass is 251 g/mol. The molecule has 0 aromatic heterocycles. The highest BCUT2D eigenvalue weighted by Crippen LogP contribution is 2.29. The van der Waals surface area contributed by atoms with E-state index < -0.39 is 0 Å². The Hall–Kier alpha value is -0.120. The number of rotatable bonds is 2. The number of nitrogens with one attached hydrogen (secondary N) is 1. The van der Waals surface area contributed by atoms with Crippen LogP contribution in [0.5, 0.6) is 0 Å². The minimum atomic E-state index is 0.730. The molecule has 2 unspecified atom stereocenters. The van der Waals surface area contributed by atoms with Gasteiger partial charge in [-0.15, -0.1) is 0 Å². The first-order valence-electron chi connectivity index (χ1n) is 7.94. The molecule has 3 nitrogen and oxygen atoms in total. The van der Waals surface area contributed by atoms with Crippen LogP contribution in [0.2, 0.25) is 0 Å². The Labute approximate surface area is 112 Å². The minimum Gasteiger partial charge on any atom is -0.315 e. The lowest BCUT2D eigenvalue weighted by molar-refractivity contribution is 0.0371. The highest BCUT2D eigenvalue weighted by atomic mass is 15.3. The highest BCUT2D eigenvalue weighted by molar-refractivity contribution is 4.93. The Balaban J connectivity index is 1.59. The Morgan fingerprint density at radius 3 is 2.44 bits per heavy atom. The average Bonchev–Trinajstić information content (AvgIpc) is 2.74. The van der Waals surface area contributed by atoms with Gasteiger partial charge in [-0.3, -0.25) is 4.90 Å². The number of hydrogen-bond donors (Lipinski definition) is 1. The van der Waals surface area contributed by atoms with E-state index in [1.807, 2.05) is 0 Å². The Kier molecular flexibility index (Phi) is 3.92. The molecule has 1 N–H and O–H groups in total. The summed E-state index contributed by atoms with van der Waals surface area (Å²) < 4.78 is 0. The van der Waals surface area contributed by atoms with Crippen LogP contribution in [0.3, 0.4) is 0 Å². The van der Waals surface area contributed by atoms with Gasteiger partial charge >= 0.3 is 0 Å². The third kappa shape index (κ3) is 2.59. The summed E-state index contributed by atoms with van der Waals surface area (Å²) >= 11 is 0. The van der Waals surface area contributed by atoms with Crippen LogP contribution in [-0.4, -0.2) is 60.6 Å². The fourth-order valence-corrected chi connectivity index (χ4v) is 4.15. The minimum absolute atomic E-state index is 0.730. The Morgan fingerprint density at radius 1 is 0.944 bits per heavy atom. The third-order valence-corrected chi connectivity index (χ3v) is 5.36. The number of nitrogens with zero attached hydrogens (tertiary/aromatic N) is 2. The molecule has 4 rings (SSSR count). The summed E-state index contributed by atoms with van der Waals surface area (Å²) in [5.74, 6) is 0.923. The molecule has 4 fully saturated rings. The first kappa shape index (κ1) is 12.9. The second kappa shape index (κ2) is 5.48. The zero-order chi connectivity index (χ0) is 12.5. The fraction of sp³-hybridized carbons (Fsp3) is 1.00. The van der Waals surface area contributed by atoms with E-state index in [1.54, 1.807) is 0 Å².